The lowest BCUT2D eigenvalue weighted by Gasteiger charge is -2.30. The predicted molar refractivity (Wildman–Crippen MR) is 148 cm³/mol. The SMILES string of the molecule is CCCCN(C[C@@H](C)C(Cc1ccccc1)NC(=O)OCCNC(N)=O)S(=O)(=O)c1ccc2ncsc2c1. The molecule has 0 spiro atoms. The number of sulfonamides is 1. The van der Waals surface area contributed by atoms with Crippen LogP contribution in [0.2, 0.25) is 0 Å². The first-order chi connectivity index (χ1) is 18.2. The second kappa shape index (κ2) is 14.1. The number of aromatic nitrogens is 1. The van der Waals surface area contributed by atoms with Crippen molar-refractivity contribution in [3.63, 3.8) is 0 Å². The maximum Gasteiger partial charge on any atom is 0.407 e. The van der Waals surface area contributed by atoms with Crippen molar-refractivity contribution in [3.8, 4) is 0 Å². The number of primary amides is 1. The molecule has 1 unspecified atom stereocenters. The number of carbonyl (C=O) groups excluding carboxylic acids is 2. The molecule has 4 N–H and O–H groups in total. The van der Waals surface area contributed by atoms with E-state index in [0.29, 0.717) is 19.4 Å². The Kier molecular flexibility index (Phi) is 10.9. The van der Waals surface area contributed by atoms with Crippen LogP contribution >= 0.6 is 11.3 Å². The fourth-order valence-corrected chi connectivity index (χ4v) is 6.41. The molecule has 3 rings (SSSR count). The van der Waals surface area contributed by atoms with Gasteiger partial charge in [-0.2, -0.15) is 4.31 Å². The van der Waals surface area contributed by atoms with Gasteiger partial charge < -0.3 is 21.1 Å². The maximum atomic E-state index is 13.7. The lowest BCUT2D eigenvalue weighted by atomic mass is 9.95. The average molecular weight is 562 g/mol. The summed E-state index contributed by atoms with van der Waals surface area (Å²) in [4.78, 5) is 27.8. The highest BCUT2D eigenvalue weighted by Crippen LogP contribution is 2.25. The Morgan fingerprint density at radius 2 is 1.95 bits per heavy atom. The molecule has 0 saturated heterocycles. The molecule has 12 heteroatoms. The van der Waals surface area contributed by atoms with E-state index in [1.165, 1.54) is 15.6 Å². The van der Waals surface area contributed by atoms with Gasteiger partial charge in [-0.05, 0) is 42.5 Å². The minimum absolute atomic E-state index is 0.0434. The van der Waals surface area contributed by atoms with Crippen molar-refractivity contribution in [1.29, 1.82) is 0 Å². The number of nitrogens with two attached hydrogens (primary N) is 1. The van der Waals surface area contributed by atoms with Crippen LogP contribution in [0.1, 0.15) is 32.3 Å². The topological polar surface area (TPSA) is 144 Å². The zero-order valence-electron chi connectivity index (χ0n) is 21.6. The highest BCUT2D eigenvalue weighted by Gasteiger charge is 2.30. The van der Waals surface area contributed by atoms with E-state index < -0.39 is 28.2 Å². The van der Waals surface area contributed by atoms with E-state index in [2.05, 4.69) is 15.6 Å². The summed E-state index contributed by atoms with van der Waals surface area (Å²) in [5, 5.41) is 5.25. The number of rotatable bonds is 14. The minimum atomic E-state index is -3.78. The van der Waals surface area contributed by atoms with Gasteiger partial charge in [0.1, 0.15) is 6.61 Å². The van der Waals surface area contributed by atoms with Gasteiger partial charge in [0.2, 0.25) is 10.0 Å². The summed E-state index contributed by atoms with van der Waals surface area (Å²) in [5.74, 6) is -0.245. The van der Waals surface area contributed by atoms with Crippen LogP contribution in [0.15, 0.2) is 58.9 Å². The summed E-state index contributed by atoms with van der Waals surface area (Å²) >= 11 is 1.40. The van der Waals surface area contributed by atoms with Gasteiger partial charge in [0.15, 0.2) is 0 Å². The van der Waals surface area contributed by atoms with Gasteiger partial charge in [0, 0.05) is 19.1 Å². The number of nitrogens with zero attached hydrogens (tertiary/aromatic N) is 2. The molecule has 2 aromatic carbocycles. The van der Waals surface area contributed by atoms with E-state index in [9.17, 15) is 18.0 Å². The Bertz CT molecular complexity index is 1300. The summed E-state index contributed by atoms with van der Waals surface area (Å²) in [6.45, 7) is 4.56. The number of urea groups is 1. The Morgan fingerprint density at radius 1 is 1.18 bits per heavy atom. The van der Waals surface area contributed by atoms with E-state index in [1.807, 2.05) is 44.2 Å². The Morgan fingerprint density at radius 3 is 2.66 bits per heavy atom. The largest absolute Gasteiger partial charge is 0.448 e. The molecule has 0 aliphatic carbocycles. The van der Waals surface area contributed by atoms with Gasteiger partial charge in [-0.15, -0.1) is 11.3 Å². The van der Waals surface area contributed by atoms with Gasteiger partial charge in [0.25, 0.3) is 0 Å². The number of amides is 3. The molecule has 1 aromatic heterocycles. The summed E-state index contributed by atoms with van der Waals surface area (Å²) in [6.07, 6.45) is 1.39. The van der Waals surface area contributed by atoms with Crippen molar-refractivity contribution in [2.45, 2.75) is 44.0 Å². The van der Waals surface area contributed by atoms with Gasteiger partial charge in [-0.1, -0.05) is 50.6 Å². The molecule has 0 bridgehead atoms. The maximum absolute atomic E-state index is 13.7. The first-order valence-corrected chi connectivity index (χ1v) is 14.9. The number of nitrogens with one attached hydrogen (secondary N) is 2. The van der Waals surface area contributed by atoms with Crippen molar-refractivity contribution in [1.82, 2.24) is 19.9 Å². The van der Waals surface area contributed by atoms with E-state index in [-0.39, 0.29) is 30.5 Å². The highest BCUT2D eigenvalue weighted by atomic mass is 32.2. The molecule has 3 amide bonds. The second-order valence-electron chi connectivity index (χ2n) is 9.04. The van der Waals surface area contributed by atoms with Crippen molar-refractivity contribution in [3.05, 3.63) is 59.6 Å². The van der Waals surface area contributed by atoms with Crippen molar-refractivity contribution < 1.29 is 22.7 Å². The number of alkyl carbamates (subject to hydrolysis) is 1. The van der Waals surface area contributed by atoms with Crippen LogP contribution in [-0.2, 0) is 21.2 Å². The van der Waals surface area contributed by atoms with Crippen LogP contribution < -0.4 is 16.4 Å². The zero-order valence-corrected chi connectivity index (χ0v) is 23.3. The number of thiazole rings is 1. The molecule has 2 atom stereocenters. The average Bonchev–Trinajstić information content (AvgIpc) is 3.37. The Balaban J connectivity index is 1.78. The Hall–Kier alpha value is -3.22. The third kappa shape index (κ3) is 8.40. The van der Waals surface area contributed by atoms with Crippen molar-refractivity contribution >= 4 is 43.7 Å². The molecule has 0 aliphatic heterocycles. The first-order valence-electron chi connectivity index (χ1n) is 12.5. The normalized spacial score (nSPS) is 13.2. The standard InChI is InChI=1S/C26H35N5O5S2/c1-3-4-13-31(38(34,35)21-10-11-22-24(16-21)37-18-29-22)17-19(2)23(15-20-8-6-5-7-9-20)30-26(33)36-14-12-28-25(27)32/h5-11,16,18-19,23H,3-4,12-15,17H2,1-2H3,(H,30,33)(H3,27,28,32)/t19-,23?/m1/s1. The molecule has 10 nitrogen and oxygen atoms in total. The van der Waals surface area contributed by atoms with E-state index in [4.69, 9.17) is 10.5 Å². The minimum Gasteiger partial charge on any atom is -0.448 e. The smallest absolute Gasteiger partial charge is 0.407 e. The number of benzene rings is 2. The lowest BCUT2D eigenvalue weighted by molar-refractivity contribution is 0.138. The van der Waals surface area contributed by atoms with Crippen molar-refractivity contribution in [2.75, 3.05) is 26.2 Å². The summed E-state index contributed by atoms with van der Waals surface area (Å²) in [7, 11) is -3.78. The van der Waals surface area contributed by atoms with Crippen LogP contribution in [0, 0.1) is 5.92 Å². The summed E-state index contributed by atoms with van der Waals surface area (Å²) in [6, 6.07) is 13.5. The number of hydrogen-bond acceptors (Lipinski definition) is 7. The van der Waals surface area contributed by atoms with Crippen LogP contribution in [0.3, 0.4) is 0 Å². The molecule has 0 aliphatic rings. The zero-order chi connectivity index (χ0) is 27.5. The number of carbonyl (C=O) groups is 2. The number of unbranched alkanes of at least 4 members (excludes halogenated alkanes) is 1. The highest BCUT2D eigenvalue weighted by molar-refractivity contribution is 7.89. The Labute approximate surface area is 227 Å². The first kappa shape index (κ1) is 29.3. The summed E-state index contributed by atoms with van der Waals surface area (Å²) < 4.78 is 35.0. The molecular weight excluding hydrogens is 526 g/mol. The van der Waals surface area contributed by atoms with Crippen LogP contribution in [-0.4, -0.2) is 62.1 Å². The van der Waals surface area contributed by atoms with Crippen LogP contribution in [0.5, 0.6) is 0 Å². The quantitative estimate of drug-likeness (QED) is 0.256. The molecule has 0 fully saturated rings. The van der Waals surface area contributed by atoms with Crippen LogP contribution in [0.25, 0.3) is 10.2 Å². The number of hydrogen-bond donors (Lipinski definition) is 3. The molecule has 0 saturated carbocycles. The van der Waals surface area contributed by atoms with E-state index >= 15 is 0 Å². The lowest BCUT2D eigenvalue weighted by Crippen LogP contribution is -2.47. The predicted octanol–water partition coefficient (Wildman–Crippen LogP) is 3.73. The second-order valence-corrected chi connectivity index (χ2v) is 11.9. The fraction of sp³-hybridized carbons (Fsp3) is 0.423. The van der Waals surface area contributed by atoms with Crippen molar-refractivity contribution in [2.24, 2.45) is 11.7 Å². The third-order valence-corrected chi connectivity index (χ3v) is 8.77. The third-order valence-electron chi connectivity index (χ3n) is 6.12. The molecule has 38 heavy (non-hydrogen) atoms. The molecule has 3 aromatic rings. The molecule has 1 heterocycles. The summed E-state index contributed by atoms with van der Waals surface area (Å²) in [5.41, 5.74) is 8.49. The van der Waals surface area contributed by atoms with Gasteiger partial charge in [0.05, 0.1) is 27.2 Å². The van der Waals surface area contributed by atoms with Gasteiger partial charge in [-0.25, -0.2) is 23.0 Å². The number of fused-ring (bicyclic) bond motifs is 1. The molecule has 206 valence electrons. The van der Waals surface area contributed by atoms with E-state index in [0.717, 1.165) is 22.2 Å². The monoisotopic (exact) mass is 561 g/mol. The molecular formula is C26H35N5O5S2. The fourth-order valence-electron chi connectivity index (χ4n) is 4.01. The van der Waals surface area contributed by atoms with Gasteiger partial charge in [-0.3, -0.25) is 0 Å². The molecule has 0 radical (unpaired) electrons. The number of ether oxygens (including phenoxy) is 1. The van der Waals surface area contributed by atoms with Gasteiger partial charge >= 0.3 is 12.1 Å². The van der Waals surface area contributed by atoms with Crippen LogP contribution in [0.4, 0.5) is 9.59 Å². The van der Waals surface area contributed by atoms with E-state index in [1.54, 1.807) is 23.7 Å².